The van der Waals surface area contributed by atoms with Gasteiger partial charge < -0.3 is 10.4 Å². The topological polar surface area (TPSA) is 32.3 Å². The lowest BCUT2D eigenvalue weighted by Crippen LogP contribution is -2.45. The third kappa shape index (κ3) is 2.70. The lowest BCUT2D eigenvalue weighted by Gasteiger charge is -2.28. The first-order chi connectivity index (χ1) is 8.17. The molecule has 0 atom stereocenters. The van der Waals surface area contributed by atoms with Crippen LogP contribution >= 0.6 is 0 Å². The zero-order chi connectivity index (χ0) is 12.3. The van der Waals surface area contributed by atoms with Gasteiger partial charge in [0.25, 0.3) is 0 Å². The molecule has 0 amide bonds. The maximum atomic E-state index is 9.56. The molecule has 1 aromatic carbocycles. The van der Waals surface area contributed by atoms with E-state index in [1.54, 1.807) is 0 Å². The van der Waals surface area contributed by atoms with E-state index in [9.17, 15) is 5.11 Å². The Balaban J connectivity index is 2.04. The average Bonchev–Trinajstić information content (AvgIpc) is 2.81. The second kappa shape index (κ2) is 5.19. The second-order valence-corrected chi connectivity index (χ2v) is 5.36. The summed E-state index contributed by atoms with van der Waals surface area (Å²) < 4.78 is 0. The number of hydrogen-bond donors (Lipinski definition) is 2. The van der Waals surface area contributed by atoms with Gasteiger partial charge in [-0.25, -0.2) is 0 Å². The van der Waals surface area contributed by atoms with E-state index in [2.05, 4.69) is 37.4 Å². The highest BCUT2D eigenvalue weighted by atomic mass is 16.3. The van der Waals surface area contributed by atoms with Crippen LogP contribution in [0.4, 0.5) is 0 Å². The van der Waals surface area contributed by atoms with Crippen LogP contribution in [-0.4, -0.2) is 17.3 Å². The van der Waals surface area contributed by atoms with Crippen LogP contribution in [0.2, 0.25) is 0 Å². The maximum Gasteiger partial charge on any atom is 0.0613 e. The number of hydrogen-bond acceptors (Lipinski definition) is 2. The fourth-order valence-electron chi connectivity index (χ4n) is 2.73. The van der Waals surface area contributed by atoms with E-state index < -0.39 is 0 Å². The average molecular weight is 233 g/mol. The van der Waals surface area contributed by atoms with Crippen LogP contribution in [-0.2, 0) is 6.54 Å². The lowest BCUT2D eigenvalue weighted by atomic mass is 9.97. The molecule has 0 bridgehead atoms. The zero-order valence-electron chi connectivity index (χ0n) is 10.9. The summed E-state index contributed by atoms with van der Waals surface area (Å²) in [6.07, 6.45) is 4.68. The summed E-state index contributed by atoms with van der Waals surface area (Å²) in [5.74, 6) is 0. The minimum Gasteiger partial charge on any atom is -0.394 e. The Morgan fingerprint density at radius 1 is 1.24 bits per heavy atom. The predicted molar refractivity (Wildman–Crippen MR) is 71.0 cm³/mol. The van der Waals surface area contributed by atoms with Gasteiger partial charge in [-0.15, -0.1) is 0 Å². The molecular formula is C15H23NO. The van der Waals surface area contributed by atoms with Gasteiger partial charge in [0.2, 0.25) is 0 Å². The summed E-state index contributed by atoms with van der Waals surface area (Å²) in [5, 5.41) is 13.1. The summed E-state index contributed by atoms with van der Waals surface area (Å²) in [5.41, 5.74) is 4.04. The molecule has 94 valence electrons. The van der Waals surface area contributed by atoms with Crippen molar-refractivity contribution in [3.8, 4) is 0 Å². The molecule has 0 aliphatic heterocycles. The van der Waals surface area contributed by atoms with Crippen molar-refractivity contribution in [3.63, 3.8) is 0 Å². The summed E-state index contributed by atoms with van der Waals surface area (Å²) in [7, 11) is 0. The van der Waals surface area contributed by atoms with E-state index in [1.807, 2.05) is 0 Å². The normalized spacial score (nSPS) is 18.5. The number of aryl methyl sites for hydroxylation is 1. The minimum atomic E-state index is -0.0177. The van der Waals surface area contributed by atoms with Crippen molar-refractivity contribution >= 4 is 0 Å². The van der Waals surface area contributed by atoms with E-state index in [0.717, 1.165) is 19.4 Å². The van der Waals surface area contributed by atoms with E-state index in [4.69, 9.17) is 0 Å². The molecule has 0 spiro atoms. The number of nitrogens with one attached hydrogen (secondary N) is 1. The molecule has 1 aromatic rings. The largest absolute Gasteiger partial charge is 0.394 e. The van der Waals surface area contributed by atoms with Crippen molar-refractivity contribution in [2.75, 3.05) is 6.61 Å². The lowest BCUT2D eigenvalue weighted by molar-refractivity contribution is 0.163. The quantitative estimate of drug-likeness (QED) is 0.838. The number of rotatable bonds is 4. The van der Waals surface area contributed by atoms with E-state index in [-0.39, 0.29) is 12.1 Å². The Hall–Kier alpha value is -0.860. The Morgan fingerprint density at radius 2 is 1.94 bits per heavy atom. The van der Waals surface area contributed by atoms with Crippen LogP contribution in [0.1, 0.15) is 42.4 Å². The molecule has 0 aromatic heterocycles. The monoisotopic (exact) mass is 233 g/mol. The van der Waals surface area contributed by atoms with Crippen molar-refractivity contribution in [2.24, 2.45) is 0 Å². The third-order valence-corrected chi connectivity index (χ3v) is 4.23. The number of aliphatic hydroxyl groups excluding tert-OH is 1. The predicted octanol–water partition coefficient (Wildman–Crippen LogP) is 2.70. The van der Waals surface area contributed by atoms with Crippen LogP contribution in [0.25, 0.3) is 0 Å². The third-order valence-electron chi connectivity index (χ3n) is 4.23. The standard InChI is InChI=1S/C15H23NO/c1-12-6-5-7-14(13(12)2)10-16-15(11-17)8-3-4-9-15/h5-7,16-17H,3-4,8-11H2,1-2H3. The minimum absolute atomic E-state index is 0.0177. The van der Waals surface area contributed by atoms with Crippen molar-refractivity contribution in [2.45, 2.75) is 51.6 Å². The molecule has 1 fully saturated rings. The molecule has 1 aliphatic rings. The van der Waals surface area contributed by atoms with Gasteiger partial charge in [-0.1, -0.05) is 31.0 Å². The molecule has 17 heavy (non-hydrogen) atoms. The molecule has 2 rings (SSSR count). The van der Waals surface area contributed by atoms with Crippen molar-refractivity contribution in [3.05, 3.63) is 34.9 Å². The summed E-state index contributed by atoms with van der Waals surface area (Å²) >= 11 is 0. The first kappa shape index (κ1) is 12.6. The Bertz CT molecular complexity index is 381. The first-order valence-corrected chi connectivity index (χ1v) is 6.58. The highest BCUT2D eigenvalue weighted by Crippen LogP contribution is 2.29. The molecule has 2 nitrogen and oxygen atoms in total. The van der Waals surface area contributed by atoms with Crippen LogP contribution in [0.15, 0.2) is 18.2 Å². The summed E-state index contributed by atoms with van der Waals surface area (Å²) in [4.78, 5) is 0. The van der Waals surface area contributed by atoms with Gasteiger partial charge in [0.05, 0.1) is 6.61 Å². The highest BCUT2D eigenvalue weighted by Gasteiger charge is 2.32. The molecular weight excluding hydrogens is 210 g/mol. The Kier molecular flexibility index (Phi) is 3.85. The Morgan fingerprint density at radius 3 is 2.59 bits per heavy atom. The van der Waals surface area contributed by atoms with Crippen molar-refractivity contribution in [1.29, 1.82) is 0 Å². The summed E-state index contributed by atoms with van der Waals surface area (Å²) in [6, 6.07) is 6.44. The zero-order valence-corrected chi connectivity index (χ0v) is 10.9. The van der Waals surface area contributed by atoms with Gasteiger partial charge >= 0.3 is 0 Å². The number of aliphatic hydroxyl groups is 1. The summed E-state index contributed by atoms with van der Waals surface area (Å²) in [6.45, 7) is 5.45. The highest BCUT2D eigenvalue weighted by molar-refractivity contribution is 5.33. The SMILES string of the molecule is Cc1cccc(CNC2(CO)CCCC2)c1C. The molecule has 0 radical (unpaired) electrons. The molecule has 0 unspecified atom stereocenters. The van der Waals surface area contributed by atoms with Crippen LogP contribution in [0, 0.1) is 13.8 Å². The molecule has 1 saturated carbocycles. The molecule has 2 N–H and O–H groups in total. The number of benzene rings is 1. The van der Waals surface area contributed by atoms with Crippen molar-refractivity contribution < 1.29 is 5.11 Å². The van der Waals surface area contributed by atoms with Gasteiger partial charge in [0.1, 0.15) is 0 Å². The van der Waals surface area contributed by atoms with Crippen LogP contribution in [0.3, 0.4) is 0 Å². The van der Waals surface area contributed by atoms with Crippen LogP contribution < -0.4 is 5.32 Å². The van der Waals surface area contributed by atoms with Gasteiger partial charge in [-0.2, -0.15) is 0 Å². The maximum absolute atomic E-state index is 9.56. The van der Waals surface area contributed by atoms with E-state index in [1.165, 1.54) is 29.5 Å². The molecule has 0 heterocycles. The van der Waals surface area contributed by atoms with E-state index >= 15 is 0 Å². The second-order valence-electron chi connectivity index (χ2n) is 5.36. The van der Waals surface area contributed by atoms with Gasteiger partial charge in [-0.3, -0.25) is 0 Å². The fraction of sp³-hybridized carbons (Fsp3) is 0.600. The smallest absolute Gasteiger partial charge is 0.0613 e. The van der Waals surface area contributed by atoms with E-state index in [0.29, 0.717) is 0 Å². The van der Waals surface area contributed by atoms with Gasteiger partial charge in [0, 0.05) is 12.1 Å². The first-order valence-electron chi connectivity index (χ1n) is 6.58. The van der Waals surface area contributed by atoms with Crippen molar-refractivity contribution in [1.82, 2.24) is 5.32 Å². The van der Waals surface area contributed by atoms with Gasteiger partial charge in [0.15, 0.2) is 0 Å². The molecule has 2 heteroatoms. The van der Waals surface area contributed by atoms with Gasteiger partial charge in [-0.05, 0) is 43.4 Å². The van der Waals surface area contributed by atoms with Crippen LogP contribution in [0.5, 0.6) is 0 Å². The fourth-order valence-corrected chi connectivity index (χ4v) is 2.73. The molecule has 0 saturated heterocycles. The Labute approximate surface area is 104 Å². The molecule has 1 aliphatic carbocycles.